The van der Waals surface area contributed by atoms with E-state index in [2.05, 4.69) is 5.32 Å². The van der Waals surface area contributed by atoms with E-state index in [0.717, 1.165) is 0 Å². The van der Waals surface area contributed by atoms with E-state index in [-0.39, 0.29) is 0 Å². The molecule has 7 heteroatoms. The van der Waals surface area contributed by atoms with Crippen molar-refractivity contribution in [1.82, 2.24) is 5.32 Å². The van der Waals surface area contributed by atoms with E-state index >= 15 is 0 Å². The highest BCUT2D eigenvalue weighted by Crippen LogP contribution is 2.15. The molecule has 1 atom stereocenters. The lowest BCUT2D eigenvalue weighted by Crippen LogP contribution is -2.42. The second kappa shape index (κ2) is 6.15. The maximum atomic E-state index is 13.4. The van der Waals surface area contributed by atoms with Gasteiger partial charge < -0.3 is 10.1 Å². The summed E-state index contributed by atoms with van der Waals surface area (Å²) >= 11 is 0. The first-order valence-electron chi connectivity index (χ1n) is 6.19. The van der Waals surface area contributed by atoms with Gasteiger partial charge in [-0.3, -0.25) is 4.79 Å². The summed E-state index contributed by atoms with van der Waals surface area (Å²) in [6.07, 6.45) is 0. The number of hydrogen-bond acceptors (Lipinski definition) is 3. The Labute approximate surface area is 120 Å². The van der Waals surface area contributed by atoms with Gasteiger partial charge in [0.15, 0.2) is 0 Å². The fourth-order valence-corrected chi connectivity index (χ4v) is 1.48. The zero-order chi connectivity index (χ0) is 16.4. The van der Waals surface area contributed by atoms with Crippen LogP contribution in [0, 0.1) is 17.5 Å². The van der Waals surface area contributed by atoms with E-state index in [4.69, 9.17) is 4.74 Å². The summed E-state index contributed by atoms with van der Waals surface area (Å²) in [7, 11) is 0. The van der Waals surface area contributed by atoms with Gasteiger partial charge in [0.2, 0.25) is 0 Å². The first-order valence-corrected chi connectivity index (χ1v) is 6.19. The first-order chi connectivity index (χ1) is 9.51. The maximum Gasteiger partial charge on any atom is 0.328 e. The van der Waals surface area contributed by atoms with Gasteiger partial charge in [0.25, 0.3) is 5.91 Å². The van der Waals surface area contributed by atoms with Gasteiger partial charge in [-0.05, 0) is 27.7 Å². The predicted molar refractivity (Wildman–Crippen MR) is 69.1 cm³/mol. The van der Waals surface area contributed by atoms with Crippen LogP contribution in [0.3, 0.4) is 0 Å². The number of hydrogen-bond donors (Lipinski definition) is 1. The molecule has 0 bridgehead atoms. The predicted octanol–water partition coefficient (Wildman–Crippen LogP) is 2.56. The van der Waals surface area contributed by atoms with Crippen molar-refractivity contribution in [3.8, 4) is 0 Å². The highest BCUT2D eigenvalue weighted by Gasteiger charge is 2.26. The van der Waals surface area contributed by atoms with E-state index in [1.165, 1.54) is 6.92 Å². The van der Waals surface area contributed by atoms with Crippen molar-refractivity contribution in [2.75, 3.05) is 0 Å². The fourth-order valence-electron chi connectivity index (χ4n) is 1.48. The topological polar surface area (TPSA) is 55.4 Å². The summed E-state index contributed by atoms with van der Waals surface area (Å²) < 4.78 is 44.6. The number of ether oxygens (including phenoxy) is 1. The Balaban J connectivity index is 2.85. The minimum absolute atomic E-state index is 0.385. The molecule has 0 heterocycles. The van der Waals surface area contributed by atoms with Crippen LogP contribution in [0.5, 0.6) is 0 Å². The van der Waals surface area contributed by atoms with Gasteiger partial charge in [-0.25, -0.2) is 18.0 Å². The Morgan fingerprint density at radius 2 is 1.62 bits per heavy atom. The lowest BCUT2D eigenvalue weighted by Gasteiger charge is -2.22. The van der Waals surface area contributed by atoms with Gasteiger partial charge in [0, 0.05) is 12.1 Å². The maximum absolute atomic E-state index is 13.4. The third kappa shape index (κ3) is 4.77. The molecule has 0 aliphatic carbocycles. The molecule has 0 aliphatic heterocycles. The summed E-state index contributed by atoms with van der Waals surface area (Å²) in [6.45, 7) is 6.22. The highest BCUT2D eigenvalue weighted by atomic mass is 19.1. The standard InChI is InChI=1S/C14H16F3NO3/c1-7(13(20)21-14(2,3)4)18-12(19)11-9(16)5-8(15)6-10(11)17/h5-7H,1-4H3,(H,18,19)/t7-/m0/s1. The van der Waals surface area contributed by atoms with Crippen LogP contribution >= 0.6 is 0 Å². The van der Waals surface area contributed by atoms with Gasteiger partial charge in [-0.2, -0.15) is 0 Å². The smallest absolute Gasteiger partial charge is 0.328 e. The fraction of sp³-hybridized carbons (Fsp3) is 0.429. The summed E-state index contributed by atoms with van der Waals surface area (Å²) in [4.78, 5) is 23.4. The van der Waals surface area contributed by atoms with Gasteiger partial charge in [0.05, 0.1) is 0 Å². The van der Waals surface area contributed by atoms with Gasteiger partial charge >= 0.3 is 5.97 Å². The molecule has 1 aromatic rings. The first kappa shape index (κ1) is 17.0. The molecule has 0 aliphatic rings. The van der Waals surface area contributed by atoms with Crippen LogP contribution in [0.4, 0.5) is 13.2 Å². The molecule has 0 spiro atoms. The molecule has 0 unspecified atom stereocenters. The minimum Gasteiger partial charge on any atom is -0.458 e. The molecule has 1 aromatic carbocycles. The Morgan fingerprint density at radius 3 is 2.05 bits per heavy atom. The molecule has 0 saturated heterocycles. The highest BCUT2D eigenvalue weighted by molar-refractivity contribution is 5.97. The summed E-state index contributed by atoms with van der Waals surface area (Å²) in [5, 5.41) is 2.10. The van der Waals surface area contributed by atoms with Crippen LogP contribution in [0.1, 0.15) is 38.1 Å². The summed E-state index contributed by atoms with van der Waals surface area (Å²) in [5.41, 5.74) is -1.71. The summed E-state index contributed by atoms with van der Waals surface area (Å²) in [5.74, 6) is -5.74. The van der Waals surface area contributed by atoms with Gasteiger partial charge in [0.1, 0.15) is 34.7 Å². The van der Waals surface area contributed by atoms with Gasteiger partial charge in [-0.1, -0.05) is 0 Å². The third-order valence-corrected chi connectivity index (χ3v) is 2.34. The molecule has 1 N–H and O–H groups in total. The number of carbonyl (C=O) groups is 2. The lowest BCUT2D eigenvalue weighted by atomic mass is 10.1. The Hall–Kier alpha value is -2.05. The zero-order valence-corrected chi connectivity index (χ0v) is 12.1. The molecule has 1 amide bonds. The van der Waals surface area contributed by atoms with Crippen molar-refractivity contribution in [3.63, 3.8) is 0 Å². The van der Waals surface area contributed by atoms with E-state index < -0.39 is 46.5 Å². The van der Waals surface area contributed by atoms with Crippen LogP contribution in [-0.4, -0.2) is 23.5 Å². The third-order valence-electron chi connectivity index (χ3n) is 2.34. The Bertz CT molecular complexity index is 544. The quantitative estimate of drug-likeness (QED) is 0.873. The summed E-state index contributed by atoms with van der Waals surface area (Å²) in [6, 6.07) is -0.340. The Morgan fingerprint density at radius 1 is 1.14 bits per heavy atom. The van der Waals surface area contributed by atoms with E-state index in [1.54, 1.807) is 20.8 Å². The Kier molecular flexibility index (Phi) is 4.98. The molecular formula is C14H16F3NO3. The second-order valence-corrected chi connectivity index (χ2v) is 5.47. The molecule has 0 aromatic heterocycles. The molecule has 4 nitrogen and oxygen atoms in total. The average molecular weight is 303 g/mol. The number of benzene rings is 1. The number of carbonyl (C=O) groups excluding carboxylic acids is 2. The van der Waals surface area contributed by atoms with Gasteiger partial charge in [-0.15, -0.1) is 0 Å². The molecular weight excluding hydrogens is 287 g/mol. The van der Waals surface area contributed by atoms with Crippen LogP contribution < -0.4 is 5.32 Å². The zero-order valence-electron chi connectivity index (χ0n) is 12.1. The monoisotopic (exact) mass is 303 g/mol. The molecule has 1 rings (SSSR count). The van der Waals surface area contributed by atoms with Crippen molar-refractivity contribution in [1.29, 1.82) is 0 Å². The van der Waals surface area contributed by atoms with Crippen molar-refractivity contribution >= 4 is 11.9 Å². The van der Waals surface area contributed by atoms with E-state index in [9.17, 15) is 22.8 Å². The normalized spacial score (nSPS) is 12.7. The van der Waals surface area contributed by atoms with Crippen LogP contribution in [-0.2, 0) is 9.53 Å². The van der Waals surface area contributed by atoms with Crippen molar-refractivity contribution in [2.24, 2.45) is 0 Å². The lowest BCUT2D eigenvalue weighted by molar-refractivity contribution is -0.156. The number of rotatable bonds is 3. The van der Waals surface area contributed by atoms with Crippen LogP contribution in [0.15, 0.2) is 12.1 Å². The molecule has 0 radical (unpaired) electrons. The van der Waals surface area contributed by atoms with E-state index in [1.807, 2.05) is 0 Å². The number of halogens is 3. The average Bonchev–Trinajstić information content (AvgIpc) is 2.24. The molecule has 0 saturated carbocycles. The SMILES string of the molecule is C[C@H](NC(=O)c1c(F)cc(F)cc1F)C(=O)OC(C)(C)C. The van der Waals surface area contributed by atoms with Crippen LogP contribution in [0.25, 0.3) is 0 Å². The molecule has 0 fully saturated rings. The van der Waals surface area contributed by atoms with Crippen molar-refractivity contribution in [3.05, 3.63) is 35.1 Å². The second-order valence-electron chi connectivity index (χ2n) is 5.47. The molecule has 116 valence electrons. The minimum atomic E-state index is -1.35. The number of esters is 1. The van der Waals surface area contributed by atoms with Crippen molar-refractivity contribution < 1.29 is 27.5 Å². The van der Waals surface area contributed by atoms with Crippen molar-refractivity contribution in [2.45, 2.75) is 39.3 Å². The van der Waals surface area contributed by atoms with Crippen LogP contribution in [0.2, 0.25) is 0 Å². The molecule has 21 heavy (non-hydrogen) atoms. The van der Waals surface area contributed by atoms with E-state index in [0.29, 0.717) is 12.1 Å². The number of amides is 1. The largest absolute Gasteiger partial charge is 0.458 e. The number of nitrogens with one attached hydrogen (secondary N) is 1.